The lowest BCUT2D eigenvalue weighted by Gasteiger charge is -2.11. The van der Waals surface area contributed by atoms with Crippen molar-refractivity contribution in [1.82, 2.24) is 14.9 Å². The molecule has 3 aromatic rings. The zero-order valence-corrected chi connectivity index (χ0v) is 13.5. The molecule has 4 rings (SSSR count). The Bertz CT molecular complexity index is 820. The van der Waals surface area contributed by atoms with E-state index in [1.807, 2.05) is 24.3 Å². The van der Waals surface area contributed by atoms with Gasteiger partial charge in [-0.3, -0.25) is 10.2 Å². The van der Waals surface area contributed by atoms with Crippen molar-refractivity contribution < 1.29 is 10.1 Å². The lowest BCUT2D eigenvalue weighted by molar-refractivity contribution is -0.253. The van der Waals surface area contributed by atoms with Crippen LogP contribution in [0.1, 0.15) is 24.2 Å². The van der Waals surface area contributed by atoms with Crippen LogP contribution in [0.3, 0.4) is 0 Å². The predicted octanol–water partition coefficient (Wildman–Crippen LogP) is 3.82. The fraction of sp³-hybridized carbons (Fsp3) is 0.316. The molecule has 5 nitrogen and oxygen atoms in total. The molecule has 0 amide bonds. The van der Waals surface area contributed by atoms with Gasteiger partial charge in [0.15, 0.2) is 0 Å². The number of benzene rings is 2. The van der Waals surface area contributed by atoms with E-state index in [2.05, 4.69) is 33.0 Å². The number of nitrogens with one attached hydrogen (secondary N) is 1. The smallest absolute Gasteiger partial charge is 0.121 e. The number of aromatic amines is 1. The maximum Gasteiger partial charge on any atom is 0.121 e. The summed E-state index contributed by atoms with van der Waals surface area (Å²) < 4.78 is 0. The lowest BCUT2D eigenvalue weighted by atomic mass is 10.0. The molecule has 0 saturated carbocycles. The van der Waals surface area contributed by atoms with Crippen molar-refractivity contribution in [2.75, 3.05) is 13.1 Å². The van der Waals surface area contributed by atoms with Crippen molar-refractivity contribution in [3.05, 3.63) is 53.9 Å². The topological polar surface area (TPSA) is 61.4 Å². The number of rotatable bonds is 5. The van der Waals surface area contributed by atoms with Crippen LogP contribution in [0.15, 0.2) is 42.5 Å². The monoisotopic (exact) mass is 323 g/mol. The molecule has 2 aromatic carbocycles. The Morgan fingerprint density at radius 2 is 1.79 bits per heavy atom. The van der Waals surface area contributed by atoms with Gasteiger partial charge in [0, 0.05) is 0 Å². The maximum atomic E-state index is 8.51. The average Bonchev–Trinajstić information content (AvgIpc) is 3.24. The Kier molecular flexibility index (Phi) is 4.30. The van der Waals surface area contributed by atoms with E-state index in [0.717, 1.165) is 40.1 Å². The molecule has 2 N–H and O–H groups in total. The third kappa shape index (κ3) is 3.19. The highest BCUT2D eigenvalue weighted by atomic mass is 17.1. The van der Waals surface area contributed by atoms with E-state index in [1.54, 1.807) is 0 Å². The van der Waals surface area contributed by atoms with E-state index >= 15 is 0 Å². The van der Waals surface area contributed by atoms with Crippen molar-refractivity contribution >= 4 is 11.0 Å². The standard InChI is InChI=1S/C19H21N3O2/c23-24-13-14-3-5-15(6-4-14)16-7-8-17-18(11-16)21-19(20-17)12-22-9-1-2-10-22/h3-8,11,23H,1-2,9-10,12-13H2,(H,20,21). The quantitative estimate of drug-likeness (QED) is 0.553. The minimum Gasteiger partial charge on any atom is -0.341 e. The van der Waals surface area contributed by atoms with Crippen molar-refractivity contribution in [3.63, 3.8) is 0 Å². The maximum absolute atomic E-state index is 8.51. The van der Waals surface area contributed by atoms with Crippen LogP contribution in [0.5, 0.6) is 0 Å². The van der Waals surface area contributed by atoms with Crippen LogP contribution in [0.25, 0.3) is 22.2 Å². The molecule has 24 heavy (non-hydrogen) atoms. The Labute approximate surface area is 140 Å². The number of hydrogen-bond donors (Lipinski definition) is 2. The molecule has 1 fully saturated rings. The number of H-pyrrole nitrogens is 1. The fourth-order valence-corrected chi connectivity index (χ4v) is 3.34. The summed E-state index contributed by atoms with van der Waals surface area (Å²) in [6.07, 6.45) is 2.59. The van der Waals surface area contributed by atoms with E-state index in [9.17, 15) is 0 Å². The van der Waals surface area contributed by atoms with Crippen molar-refractivity contribution in [1.29, 1.82) is 0 Å². The molecule has 2 heterocycles. The fourth-order valence-electron chi connectivity index (χ4n) is 3.34. The number of imidazole rings is 1. The second-order valence-corrected chi connectivity index (χ2v) is 6.37. The van der Waals surface area contributed by atoms with E-state index in [-0.39, 0.29) is 6.61 Å². The second-order valence-electron chi connectivity index (χ2n) is 6.37. The summed E-state index contributed by atoms with van der Waals surface area (Å²) in [6, 6.07) is 14.3. The van der Waals surface area contributed by atoms with Crippen molar-refractivity contribution in [3.8, 4) is 11.1 Å². The third-order valence-corrected chi connectivity index (χ3v) is 4.62. The van der Waals surface area contributed by atoms with Crippen LogP contribution in [0.2, 0.25) is 0 Å². The predicted molar refractivity (Wildman–Crippen MR) is 93.5 cm³/mol. The van der Waals surface area contributed by atoms with Gasteiger partial charge in [0.05, 0.1) is 17.6 Å². The van der Waals surface area contributed by atoms with Gasteiger partial charge < -0.3 is 4.98 Å². The Morgan fingerprint density at radius 3 is 2.54 bits per heavy atom. The largest absolute Gasteiger partial charge is 0.341 e. The summed E-state index contributed by atoms with van der Waals surface area (Å²) in [5.74, 6) is 1.04. The second kappa shape index (κ2) is 6.73. The minimum atomic E-state index is 0.208. The number of fused-ring (bicyclic) bond motifs is 1. The first-order valence-corrected chi connectivity index (χ1v) is 8.38. The molecule has 5 heteroatoms. The van der Waals surface area contributed by atoms with Gasteiger partial charge in [0.25, 0.3) is 0 Å². The minimum absolute atomic E-state index is 0.208. The zero-order chi connectivity index (χ0) is 16.4. The molecule has 0 aliphatic carbocycles. The lowest BCUT2D eigenvalue weighted by Crippen LogP contribution is -2.19. The molecular weight excluding hydrogens is 302 g/mol. The van der Waals surface area contributed by atoms with Gasteiger partial charge in [-0.25, -0.2) is 9.87 Å². The van der Waals surface area contributed by atoms with Gasteiger partial charge in [-0.05, 0) is 54.8 Å². The van der Waals surface area contributed by atoms with E-state index < -0.39 is 0 Å². The van der Waals surface area contributed by atoms with Crippen LogP contribution in [-0.4, -0.2) is 33.2 Å². The first-order chi connectivity index (χ1) is 11.8. The molecule has 1 saturated heterocycles. The Balaban J connectivity index is 1.57. The SMILES string of the molecule is OOCc1ccc(-c2ccc3nc(CN4CCCC4)[nH]c3c2)cc1. The first kappa shape index (κ1) is 15.3. The van der Waals surface area contributed by atoms with Crippen molar-refractivity contribution in [2.45, 2.75) is 26.0 Å². The third-order valence-electron chi connectivity index (χ3n) is 4.62. The van der Waals surface area contributed by atoms with Gasteiger partial charge >= 0.3 is 0 Å². The summed E-state index contributed by atoms with van der Waals surface area (Å²) in [7, 11) is 0. The summed E-state index contributed by atoms with van der Waals surface area (Å²) >= 11 is 0. The average molecular weight is 323 g/mol. The molecule has 124 valence electrons. The summed E-state index contributed by atoms with van der Waals surface area (Å²) in [5, 5.41) is 8.51. The number of nitrogens with zero attached hydrogens (tertiary/aromatic N) is 2. The summed E-state index contributed by atoms with van der Waals surface area (Å²) in [4.78, 5) is 14.8. The Morgan fingerprint density at radius 1 is 1.04 bits per heavy atom. The molecule has 1 aliphatic rings. The van der Waals surface area contributed by atoms with Crippen LogP contribution in [0.4, 0.5) is 0 Å². The van der Waals surface area contributed by atoms with Gasteiger partial charge in [0.1, 0.15) is 12.4 Å². The first-order valence-electron chi connectivity index (χ1n) is 8.38. The highest BCUT2D eigenvalue weighted by molar-refractivity contribution is 5.82. The number of likely N-dealkylation sites (tertiary alicyclic amines) is 1. The van der Waals surface area contributed by atoms with Gasteiger partial charge in [-0.1, -0.05) is 30.3 Å². The van der Waals surface area contributed by atoms with Gasteiger partial charge in [-0.2, -0.15) is 0 Å². The highest BCUT2D eigenvalue weighted by Gasteiger charge is 2.14. The molecule has 1 aliphatic heterocycles. The number of aromatic nitrogens is 2. The highest BCUT2D eigenvalue weighted by Crippen LogP contribution is 2.24. The van der Waals surface area contributed by atoms with Crippen LogP contribution in [-0.2, 0) is 18.0 Å². The van der Waals surface area contributed by atoms with Crippen LogP contribution >= 0.6 is 0 Å². The Hall–Kier alpha value is -2.21. The van der Waals surface area contributed by atoms with E-state index in [0.29, 0.717) is 0 Å². The normalized spacial score (nSPS) is 15.4. The molecule has 1 aromatic heterocycles. The molecule has 0 spiro atoms. The van der Waals surface area contributed by atoms with Crippen molar-refractivity contribution in [2.24, 2.45) is 0 Å². The van der Waals surface area contributed by atoms with Gasteiger partial charge in [-0.15, -0.1) is 0 Å². The molecule has 0 unspecified atom stereocenters. The zero-order valence-electron chi connectivity index (χ0n) is 13.5. The molecule has 0 atom stereocenters. The van der Waals surface area contributed by atoms with E-state index in [4.69, 9.17) is 10.2 Å². The number of hydrogen-bond acceptors (Lipinski definition) is 4. The molecule has 0 radical (unpaired) electrons. The van der Waals surface area contributed by atoms with Crippen LogP contribution < -0.4 is 0 Å². The van der Waals surface area contributed by atoms with Crippen LogP contribution in [0, 0.1) is 0 Å². The van der Waals surface area contributed by atoms with E-state index in [1.165, 1.54) is 25.9 Å². The van der Waals surface area contributed by atoms with Gasteiger partial charge in [0.2, 0.25) is 0 Å². The molecular formula is C19H21N3O2. The molecule has 0 bridgehead atoms. The summed E-state index contributed by atoms with van der Waals surface area (Å²) in [6.45, 7) is 3.46. The summed E-state index contributed by atoms with van der Waals surface area (Å²) in [5.41, 5.74) is 5.31.